The molecule has 0 unspecified atom stereocenters. The number of tetrazole rings is 1. The molecule has 3 rings (SSSR count). The van der Waals surface area contributed by atoms with Crippen molar-refractivity contribution in [2.24, 2.45) is 7.05 Å². The molecule has 1 amide bonds. The SMILES string of the molecule is Cc1ccc(NC(=O)c2cccc(-c3nnnn3C)c2)cc1. The molecule has 1 aromatic heterocycles. The standard InChI is InChI=1S/C16H15N5O/c1-11-6-8-14(9-7-11)17-16(22)13-5-3-4-12(10-13)15-18-19-20-21(15)2/h3-10H,1-2H3,(H,17,22). The number of benzene rings is 2. The van der Waals surface area contributed by atoms with E-state index in [1.807, 2.05) is 43.3 Å². The van der Waals surface area contributed by atoms with E-state index in [1.54, 1.807) is 23.9 Å². The van der Waals surface area contributed by atoms with Crippen molar-refractivity contribution in [1.29, 1.82) is 0 Å². The first kappa shape index (κ1) is 13.9. The van der Waals surface area contributed by atoms with Crippen LogP contribution in [0.15, 0.2) is 48.5 Å². The van der Waals surface area contributed by atoms with Crippen molar-refractivity contribution in [3.8, 4) is 11.4 Å². The van der Waals surface area contributed by atoms with Gasteiger partial charge in [0.2, 0.25) is 0 Å². The lowest BCUT2D eigenvalue weighted by atomic mass is 10.1. The van der Waals surface area contributed by atoms with Gasteiger partial charge in [-0.05, 0) is 41.6 Å². The molecular formula is C16H15N5O. The molecule has 0 aliphatic heterocycles. The van der Waals surface area contributed by atoms with Gasteiger partial charge in [-0.25, -0.2) is 4.68 Å². The highest BCUT2D eigenvalue weighted by molar-refractivity contribution is 6.04. The number of anilines is 1. The van der Waals surface area contributed by atoms with Crippen LogP contribution < -0.4 is 5.32 Å². The Balaban J connectivity index is 1.84. The monoisotopic (exact) mass is 293 g/mol. The Morgan fingerprint density at radius 3 is 2.59 bits per heavy atom. The van der Waals surface area contributed by atoms with Gasteiger partial charge in [-0.15, -0.1) is 5.10 Å². The lowest BCUT2D eigenvalue weighted by Crippen LogP contribution is -2.12. The summed E-state index contributed by atoms with van der Waals surface area (Å²) in [6.07, 6.45) is 0. The van der Waals surface area contributed by atoms with Crippen molar-refractivity contribution in [2.75, 3.05) is 5.32 Å². The van der Waals surface area contributed by atoms with Crippen molar-refractivity contribution in [1.82, 2.24) is 20.2 Å². The molecule has 3 aromatic rings. The minimum Gasteiger partial charge on any atom is -0.322 e. The van der Waals surface area contributed by atoms with Crippen LogP contribution in [-0.2, 0) is 7.05 Å². The second kappa shape index (κ2) is 5.77. The summed E-state index contributed by atoms with van der Waals surface area (Å²) in [7, 11) is 1.76. The summed E-state index contributed by atoms with van der Waals surface area (Å²) >= 11 is 0. The lowest BCUT2D eigenvalue weighted by Gasteiger charge is -2.07. The zero-order valence-electron chi connectivity index (χ0n) is 12.3. The van der Waals surface area contributed by atoms with Crippen LogP contribution in [0.1, 0.15) is 15.9 Å². The van der Waals surface area contributed by atoms with Gasteiger partial charge < -0.3 is 5.32 Å². The number of aryl methyl sites for hydroxylation is 2. The van der Waals surface area contributed by atoms with Gasteiger partial charge in [0.05, 0.1) is 0 Å². The number of nitrogens with one attached hydrogen (secondary N) is 1. The van der Waals surface area contributed by atoms with Gasteiger partial charge in [0, 0.05) is 23.9 Å². The van der Waals surface area contributed by atoms with E-state index >= 15 is 0 Å². The Morgan fingerprint density at radius 1 is 1.14 bits per heavy atom. The Labute approximate surface area is 127 Å². The summed E-state index contributed by atoms with van der Waals surface area (Å²) in [5, 5.41) is 14.2. The molecule has 110 valence electrons. The number of amides is 1. The number of carbonyl (C=O) groups is 1. The first-order chi connectivity index (χ1) is 10.6. The third-order valence-electron chi connectivity index (χ3n) is 3.31. The van der Waals surface area contributed by atoms with Crippen LogP contribution in [0.5, 0.6) is 0 Å². The van der Waals surface area contributed by atoms with Crippen molar-refractivity contribution in [3.63, 3.8) is 0 Å². The average molecular weight is 293 g/mol. The molecule has 0 radical (unpaired) electrons. The van der Waals surface area contributed by atoms with E-state index in [-0.39, 0.29) is 5.91 Å². The van der Waals surface area contributed by atoms with Crippen molar-refractivity contribution in [3.05, 3.63) is 59.7 Å². The first-order valence-electron chi connectivity index (χ1n) is 6.84. The minimum atomic E-state index is -0.166. The van der Waals surface area contributed by atoms with Crippen molar-refractivity contribution < 1.29 is 4.79 Å². The van der Waals surface area contributed by atoms with Crippen LogP contribution in [-0.4, -0.2) is 26.1 Å². The Bertz CT molecular complexity index is 807. The first-order valence-corrected chi connectivity index (χ1v) is 6.84. The van der Waals surface area contributed by atoms with Gasteiger partial charge >= 0.3 is 0 Å². The molecule has 0 bridgehead atoms. The van der Waals surface area contributed by atoms with E-state index in [4.69, 9.17) is 0 Å². The third kappa shape index (κ3) is 2.85. The molecule has 6 nitrogen and oxygen atoms in total. The highest BCUT2D eigenvalue weighted by atomic mass is 16.1. The van der Waals surface area contributed by atoms with E-state index in [2.05, 4.69) is 20.8 Å². The highest BCUT2D eigenvalue weighted by Crippen LogP contribution is 2.18. The fourth-order valence-electron chi connectivity index (χ4n) is 2.11. The molecule has 0 saturated carbocycles. The van der Waals surface area contributed by atoms with E-state index < -0.39 is 0 Å². The molecule has 0 fully saturated rings. The highest BCUT2D eigenvalue weighted by Gasteiger charge is 2.10. The van der Waals surface area contributed by atoms with Gasteiger partial charge in [0.1, 0.15) is 0 Å². The fraction of sp³-hybridized carbons (Fsp3) is 0.125. The number of hydrogen-bond donors (Lipinski definition) is 1. The van der Waals surface area contributed by atoms with Crippen LogP contribution in [0.2, 0.25) is 0 Å². The Hall–Kier alpha value is -3.02. The van der Waals surface area contributed by atoms with Crippen LogP contribution in [0, 0.1) is 6.92 Å². The topological polar surface area (TPSA) is 72.7 Å². The zero-order valence-corrected chi connectivity index (χ0v) is 12.3. The van der Waals surface area contributed by atoms with Crippen molar-refractivity contribution >= 4 is 11.6 Å². The quantitative estimate of drug-likeness (QED) is 0.805. The summed E-state index contributed by atoms with van der Waals surface area (Å²) in [6.45, 7) is 2.00. The zero-order chi connectivity index (χ0) is 15.5. The maximum absolute atomic E-state index is 12.3. The van der Waals surface area contributed by atoms with E-state index in [0.717, 1.165) is 16.8 Å². The second-order valence-corrected chi connectivity index (χ2v) is 5.03. The van der Waals surface area contributed by atoms with Gasteiger partial charge in [0.15, 0.2) is 5.82 Å². The molecule has 0 aliphatic carbocycles. The predicted octanol–water partition coefficient (Wildman–Crippen LogP) is 2.44. The van der Waals surface area contributed by atoms with E-state index in [0.29, 0.717) is 11.4 Å². The summed E-state index contributed by atoms with van der Waals surface area (Å²) in [5.74, 6) is 0.450. The lowest BCUT2D eigenvalue weighted by molar-refractivity contribution is 0.102. The molecule has 0 aliphatic rings. The molecule has 1 heterocycles. The minimum absolute atomic E-state index is 0.166. The van der Waals surface area contributed by atoms with Gasteiger partial charge in [-0.1, -0.05) is 29.8 Å². The Morgan fingerprint density at radius 2 is 1.91 bits per heavy atom. The van der Waals surface area contributed by atoms with Crippen LogP contribution in [0.4, 0.5) is 5.69 Å². The smallest absolute Gasteiger partial charge is 0.255 e. The van der Waals surface area contributed by atoms with Gasteiger partial charge in [0.25, 0.3) is 5.91 Å². The van der Waals surface area contributed by atoms with E-state index in [9.17, 15) is 4.79 Å². The van der Waals surface area contributed by atoms with Crippen LogP contribution in [0.25, 0.3) is 11.4 Å². The molecule has 0 spiro atoms. The van der Waals surface area contributed by atoms with Crippen LogP contribution >= 0.6 is 0 Å². The number of nitrogens with zero attached hydrogens (tertiary/aromatic N) is 4. The molecule has 0 saturated heterocycles. The van der Waals surface area contributed by atoms with Gasteiger partial charge in [-0.2, -0.15) is 0 Å². The average Bonchev–Trinajstić information content (AvgIpc) is 2.96. The summed E-state index contributed by atoms with van der Waals surface area (Å²) in [5.41, 5.74) is 3.27. The van der Waals surface area contributed by atoms with Crippen LogP contribution in [0.3, 0.4) is 0 Å². The number of aromatic nitrogens is 4. The maximum atomic E-state index is 12.3. The predicted molar refractivity (Wildman–Crippen MR) is 83.4 cm³/mol. The number of carbonyl (C=O) groups excluding carboxylic acids is 1. The number of hydrogen-bond acceptors (Lipinski definition) is 4. The second-order valence-electron chi connectivity index (χ2n) is 5.03. The molecular weight excluding hydrogens is 278 g/mol. The molecule has 6 heteroatoms. The molecule has 1 N–H and O–H groups in total. The van der Waals surface area contributed by atoms with Crippen molar-refractivity contribution in [2.45, 2.75) is 6.92 Å². The summed E-state index contributed by atoms with van der Waals surface area (Å²) in [6, 6.07) is 14.9. The molecule has 2 aromatic carbocycles. The van der Waals surface area contributed by atoms with E-state index in [1.165, 1.54) is 0 Å². The summed E-state index contributed by atoms with van der Waals surface area (Å²) in [4.78, 5) is 12.3. The maximum Gasteiger partial charge on any atom is 0.255 e. The third-order valence-corrected chi connectivity index (χ3v) is 3.31. The molecule has 0 atom stereocenters. The largest absolute Gasteiger partial charge is 0.322 e. The molecule has 22 heavy (non-hydrogen) atoms. The normalized spacial score (nSPS) is 10.5. The number of rotatable bonds is 3. The summed E-state index contributed by atoms with van der Waals surface area (Å²) < 4.78 is 1.57. The fourth-order valence-corrected chi connectivity index (χ4v) is 2.11. The Kier molecular flexibility index (Phi) is 3.65. The van der Waals surface area contributed by atoms with Gasteiger partial charge in [-0.3, -0.25) is 4.79 Å².